The van der Waals surface area contributed by atoms with Crippen LogP contribution in [0, 0.1) is 13.8 Å². The summed E-state index contributed by atoms with van der Waals surface area (Å²) in [6.07, 6.45) is 0. The second-order valence-corrected chi connectivity index (χ2v) is 5.96. The Hall–Kier alpha value is -2.69. The van der Waals surface area contributed by atoms with E-state index in [4.69, 9.17) is 14.2 Å². The van der Waals surface area contributed by atoms with Crippen LogP contribution in [0.1, 0.15) is 29.7 Å². The number of methoxy groups -OCH3 is 2. The van der Waals surface area contributed by atoms with Crippen molar-refractivity contribution in [1.82, 2.24) is 5.32 Å². The Bertz CT molecular complexity index is 742. The summed E-state index contributed by atoms with van der Waals surface area (Å²) in [5.74, 6) is 1.84. The van der Waals surface area contributed by atoms with E-state index in [2.05, 4.69) is 5.32 Å². The molecule has 0 aromatic heterocycles. The van der Waals surface area contributed by atoms with Gasteiger partial charge in [0.25, 0.3) is 5.91 Å². The molecule has 0 unspecified atom stereocenters. The summed E-state index contributed by atoms with van der Waals surface area (Å²) in [7, 11) is 3.18. The molecular formula is C20H25NO4. The highest BCUT2D eigenvalue weighted by molar-refractivity contribution is 5.78. The minimum Gasteiger partial charge on any atom is -0.493 e. The molecule has 1 amide bonds. The molecule has 0 saturated carbocycles. The second kappa shape index (κ2) is 8.42. The van der Waals surface area contributed by atoms with Crippen molar-refractivity contribution in [2.75, 3.05) is 20.8 Å². The van der Waals surface area contributed by atoms with Gasteiger partial charge in [-0.3, -0.25) is 4.79 Å². The van der Waals surface area contributed by atoms with Crippen LogP contribution >= 0.6 is 0 Å². The number of hydrogen-bond acceptors (Lipinski definition) is 4. The largest absolute Gasteiger partial charge is 0.493 e. The summed E-state index contributed by atoms with van der Waals surface area (Å²) in [6, 6.07) is 11.3. The van der Waals surface area contributed by atoms with Gasteiger partial charge in [-0.1, -0.05) is 18.2 Å². The molecule has 0 fully saturated rings. The molecule has 2 rings (SSSR count). The van der Waals surface area contributed by atoms with Crippen molar-refractivity contribution >= 4 is 5.91 Å². The maximum Gasteiger partial charge on any atom is 0.258 e. The maximum atomic E-state index is 12.2. The van der Waals surface area contributed by atoms with Crippen LogP contribution in [0.4, 0.5) is 0 Å². The number of ether oxygens (including phenoxy) is 3. The molecule has 0 saturated heterocycles. The highest BCUT2D eigenvalue weighted by Gasteiger charge is 2.13. The van der Waals surface area contributed by atoms with E-state index in [0.29, 0.717) is 11.5 Å². The molecule has 134 valence electrons. The van der Waals surface area contributed by atoms with Crippen molar-refractivity contribution in [2.45, 2.75) is 26.8 Å². The van der Waals surface area contributed by atoms with E-state index in [9.17, 15) is 4.79 Å². The fourth-order valence-corrected chi connectivity index (χ4v) is 2.49. The van der Waals surface area contributed by atoms with Gasteiger partial charge in [0.05, 0.1) is 20.3 Å². The molecular weight excluding hydrogens is 318 g/mol. The number of benzene rings is 2. The molecule has 0 radical (unpaired) electrons. The first-order valence-electron chi connectivity index (χ1n) is 8.16. The monoisotopic (exact) mass is 343 g/mol. The van der Waals surface area contributed by atoms with Gasteiger partial charge < -0.3 is 19.5 Å². The third kappa shape index (κ3) is 4.89. The van der Waals surface area contributed by atoms with Crippen LogP contribution in [0.2, 0.25) is 0 Å². The second-order valence-electron chi connectivity index (χ2n) is 5.96. The van der Waals surface area contributed by atoms with Crippen LogP contribution in [0.5, 0.6) is 17.2 Å². The SMILES string of the molecule is COc1ccc([C@@H](C)NC(=O)COc2cc(C)ccc2C)cc1OC. The predicted octanol–water partition coefficient (Wildman–Crippen LogP) is 3.58. The summed E-state index contributed by atoms with van der Waals surface area (Å²) in [6.45, 7) is 5.84. The number of carbonyl (C=O) groups excluding carboxylic acids is 1. The summed E-state index contributed by atoms with van der Waals surface area (Å²) in [4.78, 5) is 12.2. The van der Waals surface area contributed by atoms with Crippen molar-refractivity contribution in [2.24, 2.45) is 0 Å². The smallest absolute Gasteiger partial charge is 0.258 e. The van der Waals surface area contributed by atoms with Gasteiger partial charge in [0.2, 0.25) is 0 Å². The number of carbonyl (C=O) groups is 1. The Morgan fingerprint density at radius 2 is 1.72 bits per heavy atom. The highest BCUT2D eigenvalue weighted by Crippen LogP contribution is 2.29. The number of nitrogens with one attached hydrogen (secondary N) is 1. The van der Waals surface area contributed by atoms with Gasteiger partial charge in [-0.15, -0.1) is 0 Å². The topological polar surface area (TPSA) is 56.8 Å². The van der Waals surface area contributed by atoms with Gasteiger partial charge >= 0.3 is 0 Å². The summed E-state index contributed by atoms with van der Waals surface area (Å²) >= 11 is 0. The van der Waals surface area contributed by atoms with Crippen molar-refractivity contribution in [3.63, 3.8) is 0 Å². The van der Waals surface area contributed by atoms with E-state index < -0.39 is 0 Å². The van der Waals surface area contributed by atoms with Crippen molar-refractivity contribution in [3.8, 4) is 17.2 Å². The van der Waals surface area contributed by atoms with Crippen molar-refractivity contribution in [3.05, 3.63) is 53.1 Å². The lowest BCUT2D eigenvalue weighted by Gasteiger charge is -2.17. The molecule has 0 aliphatic carbocycles. The molecule has 0 spiro atoms. The highest BCUT2D eigenvalue weighted by atomic mass is 16.5. The van der Waals surface area contributed by atoms with E-state index in [1.54, 1.807) is 14.2 Å². The minimum absolute atomic E-state index is 0.0259. The first-order chi connectivity index (χ1) is 11.9. The van der Waals surface area contributed by atoms with Crippen LogP contribution in [0.25, 0.3) is 0 Å². The minimum atomic E-state index is -0.178. The van der Waals surface area contributed by atoms with Crippen molar-refractivity contribution in [1.29, 1.82) is 0 Å². The average molecular weight is 343 g/mol. The Kier molecular flexibility index (Phi) is 6.28. The van der Waals surface area contributed by atoms with Gasteiger partial charge in [0, 0.05) is 0 Å². The molecule has 25 heavy (non-hydrogen) atoms. The quantitative estimate of drug-likeness (QED) is 0.835. The van der Waals surface area contributed by atoms with E-state index in [1.165, 1.54) is 0 Å². The molecule has 2 aromatic carbocycles. The Morgan fingerprint density at radius 3 is 2.40 bits per heavy atom. The third-order valence-electron chi connectivity index (χ3n) is 3.99. The number of amides is 1. The van der Waals surface area contributed by atoms with E-state index >= 15 is 0 Å². The molecule has 5 nitrogen and oxygen atoms in total. The van der Waals surface area contributed by atoms with Crippen LogP contribution in [0.15, 0.2) is 36.4 Å². The maximum absolute atomic E-state index is 12.2. The Morgan fingerprint density at radius 1 is 1.00 bits per heavy atom. The van der Waals surface area contributed by atoms with Crippen LogP contribution < -0.4 is 19.5 Å². The normalized spacial score (nSPS) is 11.6. The molecule has 0 bridgehead atoms. The van der Waals surface area contributed by atoms with E-state index in [0.717, 1.165) is 22.4 Å². The third-order valence-corrected chi connectivity index (χ3v) is 3.99. The number of rotatable bonds is 7. The Balaban J connectivity index is 1.97. The molecule has 2 aromatic rings. The fourth-order valence-electron chi connectivity index (χ4n) is 2.49. The van der Waals surface area contributed by atoms with Gasteiger partial charge in [-0.2, -0.15) is 0 Å². The lowest BCUT2D eigenvalue weighted by Crippen LogP contribution is -2.31. The van der Waals surface area contributed by atoms with E-state index in [1.807, 2.05) is 57.2 Å². The molecule has 0 aliphatic heterocycles. The number of aryl methyl sites for hydroxylation is 2. The predicted molar refractivity (Wildman–Crippen MR) is 97.5 cm³/mol. The lowest BCUT2D eigenvalue weighted by molar-refractivity contribution is -0.123. The van der Waals surface area contributed by atoms with E-state index in [-0.39, 0.29) is 18.6 Å². The summed E-state index contributed by atoms with van der Waals surface area (Å²) in [5, 5.41) is 2.93. The average Bonchev–Trinajstić information content (AvgIpc) is 2.61. The van der Waals surface area contributed by atoms with Crippen LogP contribution in [0.3, 0.4) is 0 Å². The van der Waals surface area contributed by atoms with Gasteiger partial charge in [-0.05, 0) is 55.7 Å². The summed E-state index contributed by atoms with van der Waals surface area (Å²) in [5.41, 5.74) is 3.03. The van der Waals surface area contributed by atoms with Gasteiger partial charge in [0.1, 0.15) is 5.75 Å². The standard InChI is InChI=1S/C20H25NO4/c1-13-6-7-14(2)18(10-13)25-12-20(22)21-15(3)16-8-9-17(23-4)19(11-16)24-5/h6-11,15H,12H2,1-5H3,(H,21,22)/t15-/m1/s1. The zero-order valence-electron chi connectivity index (χ0n) is 15.4. The summed E-state index contributed by atoms with van der Waals surface area (Å²) < 4.78 is 16.2. The zero-order valence-corrected chi connectivity index (χ0v) is 15.4. The van der Waals surface area contributed by atoms with Crippen LogP contribution in [-0.2, 0) is 4.79 Å². The van der Waals surface area contributed by atoms with Gasteiger partial charge in [-0.25, -0.2) is 0 Å². The molecule has 1 N–H and O–H groups in total. The number of hydrogen-bond donors (Lipinski definition) is 1. The first-order valence-corrected chi connectivity index (χ1v) is 8.16. The Labute approximate surface area is 148 Å². The fraction of sp³-hybridized carbons (Fsp3) is 0.350. The molecule has 5 heteroatoms. The van der Waals surface area contributed by atoms with Crippen molar-refractivity contribution < 1.29 is 19.0 Å². The molecule has 0 aliphatic rings. The van der Waals surface area contributed by atoms with Gasteiger partial charge in [0.15, 0.2) is 18.1 Å². The first kappa shape index (κ1) is 18.6. The van der Waals surface area contributed by atoms with Crippen LogP contribution in [-0.4, -0.2) is 26.7 Å². The zero-order chi connectivity index (χ0) is 18.4. The molecule has 1 atom stereocenters. The molecule has 0 heterocycles. The lowest BCUT2D eigenvalue weighted by atomic mass is 10.1.